The molecule has 20 heavy (non-hydrogen) atoms. The molecule has 4 nitrogen and oxygen atoms in total. The molecule has 110 valence electrons. The van der Waals surface area contributed by atoms with Gasteiger partial charge in [-0.2, -0.15) is 0 Å². The first-order valence-electron chi connectivity index (χ1n) is 7.88. The summed E-state index contributed by atoms with van der Waals surface area (Å²) in [6.07, 6.45) is 10.5. The van der Waals surface area contributed by atoms with E-state index in [4.69, 9.17) is 0 Å². The van der Waals surface area contributed by atoms with E-state index in [0.29, 0.717) is 0 Å². The first-order valence-corrected chi connectivity index (χ1v) is 7.88. The predicted octanol–water partition coefficient (Wildman–Crippen LogP) is 2.30. The van der Waals surface area contributed by atoms with Crippen LogP contribution in [0.15, 0.2) is 12.2 Å². The van der Waals surface area contributed by atoms with Crippen LogP contribution in [0.3, 0.4) is 0 Å². The van der Waals surface area contributed by atoms with Crippen LogP contribution in [-0.4, -0.2) is 35.0 Å². The number of hydrogen-bond donors (Lipinski definition) is 1. The monoisotopic (exact) mass is 277 g/mol. The molecule has 0 aromatic carbocycles. The predicted molar refractivity (Wildman–Crippen MR) is 75.0 cm³/mol. The molecule has 1 saturated carbocycles. The van der Waals surface area contributed by atoms with Gasteiger partial charge in [-0.15, -0.1) is 0 Å². The Hall–Kier alpha value is -1.32. The number of hydrogen-bond acceptors (Lipinski definition) is 2. The molecular weight excluding hydrogens is 254 g/mol. The number of carbonyl (C=O) groups is 2. The van der Waals surface area contributed by atoms with E-state index in [-0.39, 0.29) is 23.7 Å². The van der Waals surface area contributed by atoms with E-state index >= 15 is 0 Å². The number of fused-ring (bicyclic) bond motifs is 2. The minimum absolute atomic E-state index is 0.0541. The average Bonchev–Trinajstić information content (AvgIpc) is 2.75. The number of likely N-dealkylation sites (tertiary alicyclic amines) is 1. The summed E-state index contributed by atoms with van der Waals surface area (Å²) in [6, 6.07) is 0. The Bertz CT molecular complexity index is 423. The summed E-state index contributed by atoms with van der Waals surface area (Å²) in [7, 11) is 0. The van der Waals surface area contributed by atoms with Crippen molar-refractivity contribution in [3.63, 3.8) is 0 Å². The zero-order valence-corrected chi connectivity index (χ0v) is 11.8. The normalized spacial score (nSPS) is 36.7. The third-order valence-corrected chi connectivity index (χ3v) is 5.24. The van der Waals surface area contributed by atoms with Crippen LogP contribution >= 0.6 is 0 Å². The molecular formula is C16H23NO3. The fraction of sp³-hybridized carbons (Fsp3) is 0.750. The van der Waals surface area contributed by atoms with Gasteiger partial charge in [0.1, 0.15) is 0 Å². The Morgan fingerprint density at radius 1 is 0.900 bits per heavy atom. The van der Waals surface area contributed by atoms with Crippen LogP contribution in [0, 0.1) is 23.7 Å². The molecule has 1 heterocycles. The number of allylic oxidation sites excluding steroid dienone is 2. The van der Waals surface area contributed by atoms with E-state index in [2.05, 4.69) is 6.08 Å². The lowest BCUT2D eigenvalue weighted by Gasteiger charge is -2.43. The van der Waals surface area contributed by atoms with Gasteiger partial charge in [-0.3, -0.25) is 9.59 Å². The zero-order valence-electron chi connectivity index (χ0n) is 11.8. The Morgan fingerprint density at radius 2 is 1.45 bits per heavy atom. The van der Waals surface area contributed by atoms with Crippen molar-refractivity contribution >= 4 is 11.9 Å². The smallest absolute Gasteiger partial charge is 0.307 e. The quantitative estimate of drug-likeness (QED) is 0.788. The number of carbonyl (C=O) groups excluding carboxylic acids is 1. The molecule has 0 spiro atoms. The van der Waals surface area contributed by atoms with Crippen LogP contribution < -0.4 is 0 Å². The first kappa shape index (κ1) is 13.7. The largest absolute Gasteiger partial charge is 0.481 e. The number of rotatable bonds is 2. The molecule has 4 heteroatoms. The lowest BCUT2D eigenvalue weighted by atomic mass is 9.62. The van der Waals surface area contributed by atoms with Crippen molar-refractivity contribution < 1.29 is 14.7 Å². The van der Waals surface area contributed by atoms with Crippen molar-refractivity contribution in [1.29, 1.82) is 0 Å². The van der Waals surface area contributed by atoms with Gasteiger partial charge in [0.05, 0.1) is 11.8 Å². The van der Waals surface area contributed by atoms with Gasteiger partial charge in [-0.25, -0.2) is 0 Å². The third kappa shape index (κ3) is 2.36. The maximum atomic E-state index is 12.8. The summed E-state index contributed by atoms with van der Waals surface area (Å²) in [5.74, 6) is -1.34. The second kappa shape index (κ2) is 5.58. The van der Waals surface area contributed by atoms with Crippen molar-refractivity contribution in [2.75, 3.05) is 13.1 Å². The van der Waals surface area contributed by atoms with Gasteiger partial charge in [0.25, 0.3) is 0 Å². The van der Waals surface area contributed by atoms with Gasteiger partial charge in [-0.05, 0) is 37.5 Å². The Morgan fingerprint density at radius 3 is 1.95 bits per heavy atom. The summed E-state index contributed by atoms with van der Waals surface area (Å²) in [4.78, 5) is 26.4. The standard InChI is InChI=1S/C16H23NO3/c18-15(17-9-3-1-2-4-10-17)13-11-5-7-12(8-6-11)14(13)16(19)20/h5,7,11-14H,1-4,6,8-10H2,(H,19,20)/t11-,12-,13+,14-/m0/s1. The fourth-order valence-corrected chi connectivity index (χ4v) is 4.17. The molecule has 4 atom stereocenters. The van der Waals surface area contributed by atoms with Crippen molar-refractivity contribution in [3.05, 3.63) is 12.2 Å². The SMILES string of the molecule is O=C(O)[C@@H]1[C@H](C(=O)N2CCCCCC2)[C@H]2C=C[C@H]1CC2. The van der Waals surface area contributed by atoms with E-state index in [1.54, 1.807) is 0 Å². The molecule has 0 unspecified atom stereocenters. The minimum atomic E-state index is -0.794. The molecule has 4 aliphatic rings. The van der Waals surface area contributed by atoms with E-state index in [1.807, 2.05) is 11.0 Å². The second-order valence-corrected chi connectivity index (χ2v) is 6.42. The van der Waals surface area contributed by atoms with Crippen LogP contribution in [0.4, 0.5) is 0 Å². The third-order valence-electron chi connectivity index (χ3n) is 5.24. The second-order valence-electron chi connectivity index (χ2n) is 6.42. The molecule has 2 fully saturated rings. The molecule has 0 radical (unpaired) electrons. The number of amides is 1. The maximum Gasteiger partial charge on any atom is 0.307 e. The van der Waals surface area contributed by atoms with Gasteiger partial charge < -0.3 is 10.0 Å². The highest BCUT2D eigenvalue weighted by Gasteiger charge is 2.49. The average molecular weight is 277 g/mol. The summed E-state index contributed by atoms with van der Waals surface area (Å²) in [5.41, 5.74) is 0. The van der Waals surface area contributed by atoms with Crippen molar-refractivity contribution in [1.82, 2.24) is 4.90 Å². The topological polar surface area (TPSA) is 57.6 Å². The van der Waals surface area contributed by atoms with Crippen molar-refractivity contribution in [2.24, 2.45) is 23.7 Å². The highest BCUT2D eigenvalue weighted by molar-refractivity contribution is 5.86. The Labute approximate surface area is 119 Å². The van der Waals surface area contributed by atoms with Crippen molar-refractivity contribution in [3.8, 4) is 0 Å². The molecule has 0 aromatic heterocycles. The zero-order chi connectivity index (χ0) is 14.1. The first-order chi connectivity index (χ1) is 9.68. The highest BCUT2D eigenvalue weighted by Crippen LogP contribution is 2.45. The molecule has 4 rings (SSSR count). The molecule has 1 N–H and O–H groups in total. The van der Waals surface area contributed by atoms with E-state index in [9.17, 15) is 14.7 Å². The van der Waals surface area contributed by atoms with Gasteiger partial charge >= 0.3 is 5.97 Å². The number of carboxylic acid groups (broad SMARTS) is 1. The summed E-state index contributed by atoms with van der Waals surface area (Å²) in [5, 5.41) is 9.53. The Kier molecular flexibility index (Phi) is 3.81. The lowest BCUT2D eigenvalue weighted by molar-refractivity contribution is -0.156. The lowest BCUT2D eigenvalue weighted by Crippen LogP contribution is -2.50. The molecule has 1 amide bonds. The van der Waals surface area contributed by atoms with Gasteiger partial charge in [0, 0.05) is 13.1 Å². The van der Waals surface area contributed by atoms with Gasteiger partial charge in [0.15, 0.2) is 0 Å². The molecule has 0 aromatic rings. The Balaban J connectivity index is 1.81. The number of aliphatic carboxylic acids is 1. The number of carboxylic acids is 1. The molecule has 1 saturated heterocycles. The molecule has 1 aliphatic heterocycles. The summed E-state index contributed by atoms with van der Waals surface area (Å²) in [6.45, 7) is 1.62. The van der Waals surface area contributed by atoms with Gasteiger partial charge in [0.2, 0.25) is 5.91 Å². The minimum Gasteiger partial charge on any atom is -0.481 e. The highest BCUT2D eigenvalue weighted by atomic mass is 16.4. The van der Waals surface area contributed by atoms with E-state index < -0.39 is 11.9 Å². The van der Waals surface area contributed by atoms with Crippen LogP contribution in [0.5, 0.6) is 0 Å². The molecule has 3 aliphatic carbocycles. The van der Waals surface area contributed by atoms with Gasteiger partial charge in [-0.1, -0.05) is 25.0 Å². The summed E-state index contributed by atoms with van der Waals surface area (Å²) >= 11 is 0. The van der Waals surface area contributed by atoms with Crippen molar-refractivity contribution in [2.45, 2.75) is 38.5 Å². The van der Waals surface area contributed by atoms with Crippen LogP contribution in [-0.2, 0) is 9.59 Å². The molecule has 2 bridgehead atoms. The van der Waals surface area contributed by atoms with E-state index in [1.165, 1.54) is 12.8 Å². The summed E-state index contributed by atoms with van der Waals surface area (Å²) < 4.78 is 0. The van der Waals surface area contributed by atoms with E-state index in [0.717, 1.165) is 38.8 Å². The van der Waals surface area contributed by atoms with Crippen LogP contribution in [0.2, 0.25) is 0 Å². The van der Waals surface area contributed by atoms with Crippen LogP contribution in [0.25, 0.3) is 0 Å². The number of nitrogens with zero attached hydrogens (tertiary/aromatic N) is 1. The fourth-order valence-electron chi connectivity index (χ4n) is 4.17. The maximum absolute atomic E-state index is 12.8. The van der Waals surface area contributed by atoms with Crippen LogP contribution in [0.1, 0.15) is 38.5 Å².